The van der Waals surface area contributed by atoms with Crippen LogP contribution in [0.15, 0.2) is 120 Å². The number of carbonyl (C=O) groups is 2. The lowest BCUT2D eigenvalue weighted by Crippen LogP contribution is -2.17. The van der Waals surface area contributed by atoms with Crippen LogP contribution in [0.2, 0.25) is 20.1 Å². The molecule has 21 heteroatoms. The van der Waals surface area contributed by atoms with E-state index in [1.807, 2.05) is 27.7 Å². The number of H-pyrrole nitrogens is 2. The maximum atomic E-state index is 13.3. The van der Waals surface area contributed by atoms with E-state index in [1.54, 1.807) is 48.9 Å². The van der Waals surface area contributed by atoms with Crippen molar-refractivity contribution in [1.29, 1.82) is 0 Å². The molecule has 0 saturated heterocycles. The molecule has 65 heavy (non-hydrogen) atoms. The minimum atomic E-state index is -4.05. The molecular formula is C44H37Cl5N8O6S2. The number of nitrogen functional groups attached to an aromatic ring is 1. The first kappa shape index (κ1) is 48.9. The fourth-order valence-corrected chi connectivity index (χ4v) is 9.24. The molecule has 0 spiro atoms. The summed E-state index contributed by atoms with van der Waals surface area (Å²) in [6.45, 7) is 7.70. The molecule has 0 bridgehead atoms. The highest BCUT2D eigenvalue weighted by atomic mass is 35.7. The van der Waals surface area contributed by atoms with Crippen molar-refractivity contribution in [2.45, 2.75) is 49.3 Å². The molecule has 8 rings (SSSR count). The van der Waals surface area contributed by atoms with E-state index in [4.69, 9.17) is 62.8 Å². The van der Waals surface area contributed by atoms with Crippen LogP contribution in [0.3, 0.4) is 0 Å². The third-order valence-electron chi connectivity index (χ3n) is 9.59. The maximum absolute atomic E-state index is 13.3. The van der Waals surface area contributed by atoms with Crippen LogP contribution < -0.4 is 10.5 Å². The summed E-state index contributed by atoms with van der Waals surface area (Å²) in [6, 6.07) is 18.5. The van der Waals surface area contributed by atoms with Crippen molar-refractivity contribution >= 4 is 121 Å². The van der Waals surface area contributed by atoms with Crippen molar-refractivity contribution in [1.82, 2.24) is 29.9 Å². The van der Waals surface area contributed by atoms with E-state index in [1.165, 1.54) is 61.1 Å². The average molecular weight is 1020 g/mol. The standard InChI is InChI=1S/C22H18Cl2N4O3S.C13H9ClN4O.C9H10Cl2O2S/c1-12(2)17-10-14(3-4-18(17)24)32(30,31)28-19-9-13(23)11-27-20(19)21(29)15-5-7-25-22-16(15)6-8-26-22;14-7-5-10(15)11(18-6-7)12(19)8-1-3-16-13-9(8)2-4-17-13;1-6(2)8-5-7(14(11,12)13)3-4-9(8)10/h3-12,28H,1-2H3,(H,25,26);1-6H,15H2,(H,16,17);3-6H,1-2H3. The van der Waals surface area contributed by atoms with Crippen LogP contribution in [-0.2, 0) is 19.1 Å². The van der Waals surface area contributed by atoms with Gasteiger partial charge >= 0.3 is 0 Å². The average Bonchev–Trinajstić information content (AvgIpc) is 3.94. The van der Waals surface area contributed by atoms with E-state index < -0.39 is 24.9 Å². The van der Waals surface area contributed by atoms with Gasteiger partial charge in [0.2, 0.25) is 11.6 Å². The quantitative estimate of drug-likeness (QED) is 0.0745. The number of hydrogen-bond donors (Lipinski definition) is 4. The summed E-state index contributed by atoms with van der Waals surface area (Å²) in [4.78, 5) is 48.2. The summed E-state index contributed by atoms with van der Waals surface area (Å²) < 4.78 is 50.8. The highest BCUT2D eigenvalue weighted by Gasteiger charge is 2.24. The molecule has 0 amide bonds. The Bertz CT molecular complexity index is 3330. The zero-order valence-electron chi connectivity index (χ0n) is 34.6. The van der Waals surface area contributed by atoms with E-state index in [9.17, 15) is 26.4 Å². The van der Waals surface area contributed by atoms with Gasteiger partial charge in [0.25, 0.3) is 19.1 Å². The molecule has 6 heterocycles. The number of anilines is 2. The lowest BCUT2D eigenvalue weighted by Gasteiger charge is -2.14. The van der Waals surface area contributed by atoms with Crippen molar-refractivity contribution in [3.8, 4) is 0 Å². The van der Waals surface area contributed by atoms with E-state index in [0.717, 1.165) is 10.9 Å². The minimum absolute atomic E-state index is 0.0147. The zero-order valence-corrected chi connectivity index (χ0v) is 40.0. The van der Waals surface area contributed by atoms with Gasteiger partial charge in [0.15, 0.2) is 0 Å². The Morgan fingerprint density at radius 3 is 1.57 bits per heavy atom. The Hall–Kier alpha value is -5.59. The van der Waals surface area contributed by atoms with Crippen LogP contribution in [0.25, 0.3) is 22.1 Å². The maximum Gasteiger partial charge on any atom is 0.261 e. The number of aromatic nitrogens is 6. The predicted octanol–water partition coefficient (Wildman–Crippen LogP) is 11.2. The second-order valence-corrected chi connectivity index (χ2v) is 20.7. The van der Waals surface area contributed by atoms with Crippen LogP contribution >= 0.6 is 57.1 Å². The molecule has 0 aliphatic rings. The van der Waals surface area contributed by atoms with Gasteiger partial charge in [0.05, 0.1) is 31.2 Å². The van der Waals surface area contributed by atoms with Gasteiger partial charge in [-0.25, -0.2) is 36.8 Å². The summed E-state index contributed by atoms with van der Waals surface area (Å²) in [7, 11) is -2.50. The van der Waals surface area contributed by atoms with Gasteiger partial charge in [-0.15, -0.1) is 0 Å². The summed E-state index contributed by atoms with van der Waals surface area (Å²) in [6.07, 6.45) is 9.15. The number of carbonyl (C=O) groups excluding carboxylic acids is 2. The van der Waals surface area contributed by atoms with Gasteiger partial charge in [-0.3, -0.25) is 14.3 Å². The summed E-state index contributed by atoms with van der Waals surface area (Å²) in [5.41, 5.74) is 9.65. The minimum Gasteiger partial charge on any atom is -0.397 e. The fraction of sp³-hybridized carbons (Fsp3) is 0.136. The normalized spacial score (nSPS) is 11.6. The largest absolute Gasteiger partial charge is 0.397 e. The van der Waals surface area contributed by atoms with Crippen LogP contribution in [0.4, 0.5) is 11.4 Å². The SMILES string of the molecule is CC(C)c1cc(S(=O)(=O)Cl)ccc1Cl.CC(C)c1cc(S(=O)(=O)Nc2cc(Cl)cnc2C(=O)c2ccnc3[nH]ccc23)ccc1Cl.Nc1cc(Cl)cnc1C(=O)c1ccnc2[nH]ccc12. The fourth-order valence-electron chi connectivity index (χ4n) is 6.37. The van der Waals surface area contributed by atoms with Crippen LogP contribution in [0.1, 0.15) is 82.8 Å². The van der Waals surface area contributed by atoms with Crippen molar-refractivity contribution in [3.05, 3.63) is 164 Å². The van der Waals surface area contributed by atoms with Gasteiger partial charge in [0, 0.05) is 79.8 Å². The first-order chi connectivity index (χ1) is 30.7. The molecule has 2 aromatic carbocycles. The second-order valence-electron chi connectivity index (χ2n) is 14.7. The molecule has 0 radical (unpaired) electrons. The van der Waals surface area contributed by atoms with Crippen LogP contribution in [0, 0.1) is 0 Å². The smallest absolute Gasteiger partial charge is 0.261 e. The predicted molar refractivity (Wildman–Crippen MR) is 257 cm³/mol. The lowest BCUT2D eigenvalue weighted by molar-refractivity contribution is 0.102. The van der Waals surface area contributed by atoms with E-state index >= 15 is 0 Å². The number of nitrogens with zero attached hydrogens (tertiary/aromatic N) is 4. The molecule has 14 nitrogen and oxygen atoms in total. The van der Waals surface area contributed by atoms with E-state index in [-0.39, 0.29) is 55.2 Å². The summed E-state index contributed by atoms with van der Waals surface area (Å²) in [5, 5.41) is 2.96. The molecular weight excluding hydrogens is 978 g/mol. The summed E-state index contributed by atoms with van der Waals surface area (Å²) >= 11 is 23.9. The number of nitrogens with two attached hydrogens (primary N) is 1. The molecule has 8 aromatic rings. The molecule has 0 atom stereocenters. The molecule has 336 valence electrons. The number of hydrogen-bond acceptors (Lipinski definition) is 11. The molecule has 0 unspecified atom stereocenters. The number of halogens is 5. The number of fused-ring (bicyclic) bond motifs is 2. The van der Waals surface area contributed by atoms with Gasteiger partial charge in [0.1, 0.15) is 22.7 Å². The molecule has 0 aliphatic carbocycles. The van der Waals surface area contributed by atoms with Crippen LogP contribution in [0.5, 0.6) is 0 Å². The Morgan fingerprint density at radius 1 is 0.615 bits per heavy atom. The summed E-state index contributed by atoms with van der Waals surface area (Å²) in [5.74, 6) is -0.523. The second kappa shape index (κ2) is 20.3. The molecule has 5 N–H and O–H groups in total. The Labute approximate surface area is 398 Å². The Kier molecular flexibility index (Phi) is 15.2. The number of pyridine rings is 4. The Morgan fingerprint density at radius 2 is 1.08 bits per heavy atom. The first-order valence-corrected chi connectivity index (χ1v) is 24.5. The van der Waals surface area contributed by atoms with E-state index in [0.29, 0.717) is 48.4 Å². The highest BCUT2D eigenvalue weighted by Crippen LogP contribution is 2.31. The molecule has 6 aromatic heterocycles. The number of rotatable bonds is 10. The topological polar surface area (TPSA) is 224 Å². The Balaban J connectivity index is 0.000000179. The van der Waals surface area contributed by atoms with Crippen LogP contribution in [-0.4, -0.2) is 58.3 Å². The monoisotopic (exact) mass is 1010 g/mol. The highest BCUT2D eigenvalue weighted by molar-refractivity contribution is 8.13. The number of aromatic amines is 2. The number of benzene rings is 2. The van der Waals surface area contributed by atoms with E-state index in [2.05, 4.69) is 34.6 Å². The van der Waals surface area contributed by atoms with Crippen molar-refractivity contribution in [2.24, 2.45) is 0 Å². The molecule has 0 saturated carbocycles. The number of ketones is 2. The number of sulfonamides is 1. The van der Waals surface area contributed by atoms with Crippen molar-refractivity contribution in [3.63, 3.8) is 0 Å². The molecule has 0 fully saturated rings. The van der Waals surface area contributed by atoms with Crippen molar-refractivity contribution in [2.75, 3.05) is 10.5 Å². The first-order valence-electron chi connectivity index (χ1n) is 19.2. The molecule has 0 aliphatic heterocycles. The van der Waals surface area contributed by atoms with Gasteiger partial charge in [-0.1, -0.05) is 74.1 Å². The lowest BCUT2D eigenvalue weighted by atomic mass is 10.0. The van der Waals surface area contributed by atoms with Crippen molar-refractivity contribution < 1.29 is 26.4 Å². The van der Waals surface area contributed by atoms with Gasteiger partial charge < -0.3 is 15.7 Å². The zero-order chi connectivity index (χ0) is 47.4. The van der Waals surface area contributed by atoms with Gasteiger partial charge in [-0.05, 0) is 95.8 Å². The van der Waals surface area contributed by atoms with Gasteiger partial charge in [-0.2, -0.15) is 0 Å². The third kappa shape index (κ3) is 11.4. The number of nitrogens with one attached hydrogen (secondary N) is 3. The third-order valence-corrected chi connectivity index (χ3v) is 13.4.